The molecule has 0 aliphatic heterocycles. The molecule has 0 spiro atoms. The van der Waals surface area contributed by atoms with Crippen LogP contribution in [0.2, 0.25) is 0 Å². The molecular formula is C15H15F3N2. The summed E-state index contributed by atoms with van der Waals surface area (Å²) in [6.07, 6.45) is -1.59. The fourth-order valence-electron chi connectivity index (χ4n) is 2.92. The molecule has 0 amide bonds. The fourth-order valence-corrected chi connectivity index (χ4v) is 2.92. The zero-order valence-corrected chi connectivity index (χ0v) is 11.1. The monoisotopic (exact) mass is 280 g/mol. The van der Waals surface area contributed by atoms with Crippen molar-refractivity contribution in [1.82, 2.24) is 9.78 Å². The zero-order valence-electron chi connectivity index (χ0n) is 11.1. The number of alkyl halides is 3. The maximum atomic E-state index is 12.8. The van der Waals surface area contributed by atoms with Gasteiger partial charge in [0.15, 0.2) is 5.69 Å². The van der Waals surface area contributed by atoms with Crippen LogP contribution in [0, 0.1) is 6.92 Å². The third kappa shape index (κ3) is 2.21. The van der Waals surface area contributed by atoms with Crippen LogP contribution in [0.4, 0.5) is 13.2 Å². The molecule has 0 saturated carbocycles. The summed E-state index contributed by atoms with van der Waals surface area (Å²) < 4.78 is 39.8. The van der Waals surface area contributed by atoms with Gasteiger partial charge in [0, 0.05) is 5.69 Å². The lowest BCUT2D eigenvalue weighted by Gasteiger charge is -2.26. The molecule has 2 nitrogen and oxygen atoms in total. The lowest BCUT2D eigenvalue weighted by Crippen LogP contribution is -2.20. The minimum atomic E-state index is -4.38. The van der Waals surface area contributed by atoms with Crippen molar-refractivity contribution < 1.29 is 13.2 Å². The molecule has 3 rings (SSSR count). The van der Waals surface area contributed by atoms with Crippen LogP contribution in [0.15, 0.2) is 30.3 Å². The fraction of sp³-hybridized carbons (Fsp3) is 0.400. The number of hydrogen-bond acceptors (Lipinski definition) is 1. The van der Waals surface area contributed by atoms with E-state index < -0.39 is 11.9 Å². The topological polar surface area (TPSA) is 17.8 Å². The molecule has 0 radical (unpaired) electrons. The zero-order chi connectivity index (χ0) is 14.3. The third-order valence-electron chi connectivity index (χ3n) is 3.85. The molecule has 1 unspecified atom stereocenters. The molecule has 1 aromatic heterocycles. The second-order valence-electron chi connectivity index (χ2n) is 5.22. The highest BCUT2D eigenvalue weighted by atomic mass is 19.4. The first-order valence-electron chi connectivity index (χ1n) is 6.68. The average molecular weight is 280 g/mol. The Labute approximate surface area is 115 Å². The molecule has 1 aliphatic rings. The molecule has 0 fully saturated rings. The van der Waals surface area contributed by atoms with Gasteiger partial charge in [-0.2, -0.15) is 18.3 Å². The van der Waals surface area contributed by atoms with Crippen LogP contribution in [0.1, 0.15) is 41.4 Å². The number of aryl methyl sites for hydroxylation is 2. The second kappa shape index (κ2) is 4.65. The molecular weight excluding hydrogens is 265 g/mol. The van der Waals surface area contributed by atoms with Gasteiger partial charge in [-0.15, -0.1) is 0 Å². The first-order chi connectivity index (χ1) is 9.47. The number of hydrogen-bond donors (Lipinski definition) is 0. The summed E-state index contributed by atoms with van der Waals surface area (Å²) in [5.41, 5.74) is 2.06. The molecule has 5 heteroatoms. The van der Waals surface area contributed by atoms with Crippen molar-refractivity contribution in [2.24, 2.45) is 0 Å². The highest BCUT2D eigenvalue weighted by molar-refractivity contribution is 5.33. The Hall–Kier alpha value is -1.78. The summed E-state index contributed by atoms with van der Waals surface area (Å²) >= 11 is 0. The minimum absolute atomic E-state index is 0.0870. The molecule has 106 valence electrons. The Balaban J connectivity index is 2.05. The predicted molar refractivity (Wildman–Crippen MR) is 69.5 cm³/mol. The predicted octanol–water partition coefficient (Wildman–Crippen LogP) is 4.14. The first kappa shape index (κ1) is 13.2. The SMILES string of the molecule is Cc1cc(C(F)(F)F)nn1C1CCCc2ccccc21. The molecule has 0 bridgehead atoms. The molecule has 0 saturated heterocycles. The van der Waals surface area contributed by atoms with E-state index >= 15 is 0 Å². The van der Waals surface area contributed by atoms with Crippen molar-refractivity contribution in [1.29, 1.82) is 0 Å². The Morgan fingerprint density at radius 2 is 2.00 bits per heavy atom. The Morgan fingerprint density at radius 3 is 2.70 bits per heavy atom. The van der Waals surface area contributed by atoms with E-state index in [0.29, 0.717) is 5.69 Å². The van der Waals surface area contributed by atoms with Gasteiger partial charge >= 0.3 is 6.18 Å². The molecule has 1 aliphatic carbocycles. The van der Waals surface area contributed by atoms with Gasteiger partial charge in [0.2, 0.25) is 0 Å². The van der Waals surface area contributed by atoms with Crippen LogP contribution in [-0.2, 0) is 12.6 Å². The van der Waals surface area contributed by atoms with E-state index in [2.05, 4.69) is 5.10 Å². The second-order valence-corrected chi connectivity index (χ2v) is 5.22. The van der Waals surface area contributed by atoms with E-state index in [1.54, 1.807) is 6.92 Å². The Morgan fingerprint density at radius 1 is 1.25 bits per heavy atom. The smallest absolute Gasteiger partial charge is 0.262 e. The number of benzene rings is 1. The highest BCUT2D eigenvalue weighted by Crippen LogP contribution is 2.35. The van der Waals surface area contributed by atoms with E-state index in [0.717, 1.165) is 30.9 Å². The van der Waals surface area contributed by atoms with Crippen LogP contribution in [0.5, 0.6) is 0 Å². The van der Waals surface area contributed by atoms with Crippen molar-refractivity contribution >= 4 is 0 Å². The lowest BCUT2D eigenvalue weighted by molar-refractivity contribution is -0.141. The van der Waals surface area contributed by atoms with Gasteiger partial charge in [-0.1, -0.05) is 24.3 Å². The van der Waals surface area contributed by atoms with E-state index in [1.165, 1.54) is 10.2 Å². The molecule has 20 heavy (non-hydrogen) atoms. The van der Waals surface area contributed by atoms with Gasteiger partial charge in [0.05, 0.1) is 6.04 Å². The quantitative estimate of drug-likeness (QED) is 0.767. The van der Waals surface area contributed by atoms with Crippen molar-refractivity contribution in [3.05, 3.63) is 52.8 Å². The van der Waals surface area contributed by atoms with Crippen molar-refractivity contribution in [3.63, 3.8) is 0 Å². The van der Waals surface area contributed by atoms with Gasteiger partial charge < -0.3 is 0 Å². The summed E-state index contributed by atoms with van der Waals surface area (Å²) in [5.74, 6) is 0. The van der Waals surface area contributed by atoms with E-state index in [1.807, 2.05) is 24.3 Å². The third-order valence-corrected chi connectivity index (χ3v) is 3.85. The van der Waals surface area contributed by atoms with E-state index in [4.69, 9.17) is 0 Å². The van der Waals surface area contributed by atoms with E-state index in [-0.39, 0.29) is 6.04 Å². The van der Waals surface area contributed by atoms with Crippen molar-refractivity contribution in [2.45, 2.75) is 38.4 Å². The van der Waals surface area contributed by atoms with Crippen molar-refractivity contribution in [3.8, 4) is 0 Å². The molecule has 1 heterocycles. The van der Waals surface area contributed by atoms with Crippen LogP contribution < -0.4 is 0 Å². The highest BCUT2D eigenvalue weighted by Gasteiger charge is 2.35. The van der Waals surface area contributed by atoms with Gasteiger partial charge in [-0.3, -0.25) is 4.68 Å². The first-order valence-corrected chi connectivity index (χ1v) is 6.68. The summed E-state index contributed by atoms with van der Waals surface area (Å²) in [7, 11) is 0. The van der Waals surface area contributed by atoms with Crippen LogP contribution in [0.3, 0.4) is 0 Å². The van der Waals surface area contributed by atoms with Crippen LogP contribution in [0.25, 0.3) is 0 Å². The minimum Gasteiger partial charge on any atom is -0.262 e. The largest absolute Gasteiger partial charge is 0.435 e. The Kier molecular flexibility index (Phi) is 3.07. The lowest BCUT2D eigenvalue weighted by atomic mass is 9.88. The number of halogens is 3. The van der Waals surface area contributed by atoms with Gasteiger partial charge in [-0.25, -0.2) is 0 Å². The summed E-state index contributed by atoms with van der Waals surface area (Å²) in [4.78, 5) is 0. The summed E-state index contributed by atoms with van der Waals surface area (Å²) in [6.45, 7) is 1.68. The standard InChI is InChI=1S/C15H15F3N2/c1-10-9-14(15(16,17)18)19-20(10)13-8-4-6-11-5-2-3-7-12(11)13/h2-3,5,7,9,13H,4,6,8H2,1H3. The van der Waals surface area contributed by atoms with Crippen LogP contribution >= 0.6 is 0 Å². The van der Waals surface area contributed by atoms with Gasteiger partial charge in [0.25, 0.3) is 0 Å². The van der Waals surface area contributed by atoms with Gasteiger partial charge in [-0.05, 0) is 43.4 Å². The summed E-state index contributed by atoms with van der Waals surface area (Å²) in [5, 5.41) is 3.80. The average Bonchev–Trinajstić information content (AvgIpc) is 2.80. The number of aromatic nitrogens is 2. The number of fused-ring (bicyclic) bond motifs is 1. The molecule has 0 N–H and O–H groups in total. The summed E-state index contributed by atoms with van der Waals surface area (Å²) in [6, 6.07) is 8.98. The maximum absolute atomic E-state index is 12.8. The van der Waals surface area contributed by atoms with Crippen LogP contribution in [-0.4, -0.2) is 9.78 Å². The number of nitrogens with zero attached hydrogens (tertiary/aromatic N) is 2. The van der Waals surface area contributed by atoms with Crippen molar-refractivity contribution in [2.75, 3.05) is 0 Å². The Bertz CT molecular complexity index is 628. The molecule has 1 aromatic carbocycles. The normalized spacial score (nSPS) is 18.9. The molecule has 2 aromatic rings. The maximum Gasteiger partial charge on any atom is 0.435 e. The van der Waals surface area contributed by atoms with Gasteiger partial charge in [0.1, 0.15) is 0 Å². The molecule has 1 atom stereocenters. The van der Waals surface area contributed by atoms with E-state index in [9.17, 15) is 13.2 Å². The number of rotatable bonds is 1.